The molecular formula is C30H35FN2O2. The summed E-state index contributed by atoms with van der Waals surface area (Å²) < 4.78 is 14.3. The molecule has 0 spiro atoms. The molecule has 0 radical (unpaired) electrons. The van der Waals surface area contributed by atoms with Crippen LogP contribution in [-0.4, -0.2) is 22.8 Å². The average molecular weight is 475 g/mol. The highest BCUT2D eigenvalue weighted by atomic mass is 19.1. The van der Waals surface area contributed by atoms with Crippen molar-refractivity contribution in [2.75, 3.05) is 5.01 Å². The van der Waals surface area contributed by atoms with Crippen LogP contribution in [0.5, 0.6) is 0 Å². The van der Waals surface area contributed by atoms with Gasteiger partial charge in [-0.3, -0.25) is 9.80 Å². The highest BCUT2D eigenvalue weighted by Crippen LogP contribution is 2.31. The molecule has 5 heteroatoms. The molecule has 0 saturated heterocycles. The zero-order valence-corrected chi connectivity index (χ0v) is 21.5. The summed E-state index contributed by atoms with van der Waals surface area (Å²) in [7, 11) is 0. The molecule has 0 saturated carbocycles. The molecule has 1 aliphatic rings. The van der Waals surface area contributed by atoms with Gasteiger partial charge >= 0.3 is 5.97 Å². The van der Waals surface area contributed by atoms with E-state index < -0.39 is 5.97 Å². The Bertz CT molecular complexity index is 1220. The van der Waals surface area contributed by atoms with E-state index >= 15 is 0 Å². The van der Waals surface area contributed by atoms with Gasteiger partial charge in [-0.05, 0) is 73.7 Å². The number of halogens is 1. The highest BCUT2D eigenvalue weighted by Gasteiger charge is 2.34. The standard InChI is InChI=1S/C28H29FN2O2.C2H6/c1-17-5-12-26(29)25(13-17)23-9-8-22(18(2)14-23)15-21-6-10-24(11-7-21)31-27(16-28(32)33)19(3)20(4)30-31;1-2/h5-14,19,27H,15-16H2,1-4H3,(H,32,33);1-2H3/t19?,27-;/m0./s1. The smallest absolute Gasteiger partial charge is 0.305 e. The van der Waals surface area contributed by atoms with Crippen LogP contribution in [0.25, 0.3) is 11.1 Å². The monoisotopic (exact) mass is 474 g/mol. The summed E-state index contributed by atoms with van der Waals surface area (Å²) in [5, 5.41) is 15.8. The summed E-state index contributed by atoms with van der Waals surface area (Å²) in [6.07, 6.45) is 0.816. The van der Waals surface area contributed by atoms with Crippen molar-refractivity contribution in [2.45, 2.75) is 60.4 Å². The Hall–Kier alpha value is -3.47. The van der Waals surface area contributed by atoms with Crippen LogP contribution in [-0.2, 0) is 11.2 Å². The van der Waals surface area contributed by atoms with E-state index in [2.05, 4.69) is 30.2 Å². The maximum absolute atomic E-state index is 14.3. The Labute approximate surface area is 208 Å². The lowest BCUT2D eigenvalue weighted by Gasteiger charge is -2.25. The maximum Gasteiger partial charge on any atom is 0.305 e. The third-order valence-electron chi connectivity index (χ3n) is 6.57. The van der Waals surface area contributed by atoms with E-state index in [4.69, 9.17) is 0 Å². The van der Waals surface area contributed by atoms with Crippen LogP contribution in [0, 0.1) is 25.6 Å². The lowest BCUT2D eigenvalue weighted by molar-refractivity contribution is -0.137. The summed E-state index contributed by atoms with van der Waals surface area (Å²) in [5.41, 5.74) is 7.85. The van der Waals surface area contributed by atoms with Crippen LogP contribution >= 0.6 is 0 Å². The molecule has 2 atom stereocenters. The van der Waals surface area contributed by atoms with Gasteiger partial charge in [-0.15, -0.1) is 0 Å². The van der Waals surface area contributed by atoms with Crippen LogP contribution in [0.3, 0.4) is 0 Å². The minimum absolute atomic E-state index is 0.0524. The molecule has 0 aliphatic carbocycles. The largest absolute Gasteiger partial charge is 0.481 e. The molecule has 0 aromatic heterocycles. The van der Waals surface area contributed by atoms with Gasteiger partial charge < -0.3 is 5.11 Å². The molecule has 3 aromatic carbocycles. The number of carbonyl (C=O) groups is 1. The predicted molar refractivity (Wildman–Crippen MR) is 143 cm³/mol. The number of aliphatic carboxylic acids is 1. The SMILES string of the molecule is CC.CC1=NN(c2ccc(Cc3ccc(-c4cc(C)ccc4F)cc3C)cc2)[C@@H](CC(=O)O)C1C. The number of rotatable bonds is 6. The second kappa shape index (κ2) is 11.3. The van der Waals surface area contributed by atoms with E-state index in [-0.39, 0.29) is 24.2 Å². The van der Waals surface area contributed by atoms with Gasteiger partial charge in [0.05, 0.1) is 18.2 Å². The number of nitrogens with zero attached hydrogens (tertiary/aromatic N) is 2. The van der Waals surface area contributed by atoms with Gasteiger partial charge in [0.25, 0.3) is 0 Å². The highest BCUT2D eigenvalue weighted by molar-refractivity contribution is 5.89. The van der Waals surface area contributed by atoms with Crippen molar-refractivity contribution in [3.8, 4) is 11.1 Å². The second-order valence-corrected chi connectivity index (χ2v) is 9.01. The van der Waals surface area contributed by atoms with E-state index in [1.54, 1.807) is 6.07 Å². The van der Waals surface area contributed by atoms with E-state index in [1.807, 2.05) is 70.0 Å². The number of carboxylic acids is 1. The van der Waals surface area contributed by atoms with E-state index in [9.17, 15) is 14.3 Å². The summed E-state index contributed by atoms with van der Waals surface area (Å²) in [4.78, 5) is 11.3. The van der Waals surface area contributed by atoms with Gasteiger partial charge in [-0.1, -0.05) is 62.7 Å². The van der Waals surface area contributed by atoms with Gasteiger partial charge in [0.2, 0.25) is 0 Å². The number of hydrogen-bond acceptors (Lipinski definition) is 3. The number of anilines is 1. The summed E-state index contributed by atoms with van der Waals surface area (Å²) in [6, 6.07) is 19.2. The van der Waals surface area contributed by atoms with Crippen LogP contribution in [0.2, 0.25) is 0 Å². The van der Waals surface area contributed by atoms with Crippen LogP contribution in [0.15, 0.2) is 65.8 Å². The number of benzene rings is 3. The quantitative estimate of drug-likeness (QED) is 0.405. The van der Waals surface area contributed by atoms with Crippen LogP contribution in [0.4, 0.5) is 10.1 Å². The lowest BCUT2D eigenvalue weighted by Crippen LogP contribution is -2.34. The number of hydrazone groups is 1. The van der Waals surface area contributed by atoms with E-state index in [1.165, 1.54) is 11.6 Å². The van der Waals surface area contributed by atoms with Gasteiger partial charge in [0.15, 0.2) is 0 Å². The fourth-order valence-corrected chi connectivity index (χ4v) is 4.43. The normalized spacial score (nSPS) is 17.0. The van der Waals surface area contributed by atoms with Gasteiger partial charge in [0.1, 0.15) is 5.82 Å². The maximum atomic E-state index is 14.3. The van der Waals surface area contributed by atoms with Crippen molar-refractivity contribution in [3.63, 3.8) is 0 Å². The average Bonchev–Trinajstić information content (AvgIpc) is 3.11. The van der Waals surface area contributed by atoms with Crippen molar-refractivity contribution >= 4 is 17.4 Å². The zero-order valence-electron chi connectivity index (χ0n) is 21.5. The van der Waals surface area contributed by atoms with Crippen molar-refractivity contribution in [3.05, 3.63) is 88.7 Å². The molecule has 0 bridgehead atoms. The topological polar surface area (TPSA) is 52.9 Å². The molecule has 4 nitrogen and oxygen atoms in total. The first-order valence-electron chi connectivity index (χ1n) is 12.2. The van der Waals surface area contributed by atoms with Crippen molar-refractivity contribution in [2.24, 2.45) is 11.0 Å². The first-order chi connectivity index (χ1) is 16.7. The fraction of sp³-hybridized carbons (Fsp3) is 0.333. The second-order valence-electron chi connectivity index (χ2n) is 9.01. The van der Waals surface area contributed by atoms with Crippen LogP contribution in [0.1, 0.15) is 56.4 Å². The molecule has 0 fully saturated rings. The van der Waals surface area contributed by atoms with Crippen molar-refractivity contribution < 1.29 is 14.3 Å². The van der Waals surface area contributed by atoms with Crippen molar-refractivity contribution in [1.82, 2.24) is 0 Å². The summed E-state index contributed by atoms with van der Waals surface area (Å²) >= 11 is 0. The molecule has 4 rings (SSSR count). The lowest BCUT2D eigenvalue weighted by atomic mass is 9.94. The number of aryl methyl sites for hydroxylation is 2. The molecule has 1 N–H and O–H groups in total. The predicted octanol–water partition coefficient (Wildman–Crippen LogP) is 7.40. The molecule has 184 valence electrons. The Morgan fingerprint density at radius 1 is 1.00 bits per heavy atom. The molecule has 3 aromatic rings. The van der Waals surface area contributed by atoms with Gasteiger partial charge in [-0.25, -0.2) is 4.39 Å². The summed E-state index contributed by atoms with van der Waals surface area (Å²) in [6.45, 7) is 12.0. The number of carboxylic acid groups (broad SMARTS) is 1. The molecular weight excluding hydrogens is 439 g/mol. The van der Waals surface area contributed by atoms with Crippen LogP contribution < -0.4 is 5.01 Å². The minimum Gasteiger partial charge on any atom is -0.481 e. The zero-order chi connectivity index (χ0) is 25.7. The van der Waals surface area contributed by atoms with Crippen molar-refractivity contribution in [1.29, 1.82) is 0 Å². The summed E-state index contributed by atoms with van der Waals surface area (Å²) in [5.74, 6) is -0.929. The Kier molecular flexibility index (Phi) is 8.44. The molecule has 0 amide bonds. The van der Waals surface area contributed by atoms with E-state index in [0.717, 1.165) is 40.1 Å². The Morgan fingerprint density at radius 2 is 1.69 bits per heavy atom. The fourth-order valence-electron chi connectivity index (χ4n) is 4.43. The minimum atomic E-state index is -0.817. The van der Waals surface area contributed by atoms with Gasteiger partial charge in [-0.2, -0.15) is 5.10 Å². The third kappa shape index (κ3) is 5.97. The Balaban J connectivity index is 0.00000167. The number of hydrogen-bond donors (Lipinski definition) is 1. The van der Waals surface area contributed by atoms with E-state index in [0.29, 0.717) is 5.56 Å². The first kappa shape index (κ1) is 26.1. The molecule has 1 unspecified atom stereocenters. The van der Waals surface area contributed by atoms with Gasteiger partial charge in [0, 0.05) is 17.2 Å². The molecule has 1 heterocycles. The molecule has 35 heavy (non-hydrogen) atoms. The Morgan fingerprint density at radius 3 is 2.31 bits per heavy atom. The third-order valence-corrected chi connectivity index (χ3v) is 6.57. The first-order valence-corrected chi connectivity index (χ1v) is 12.2. The molecule has 1 aliphatic heterocycles.